The Balaban J connectivity index is 2.43. The van der Waals surface area contributed by atoms with Crippen LogP contribution in [0, 0.1) is 0 Å². The summed E-state index contributed by atoms with van der Waals surface area (Å²) in [6.45, 7) is 15.5. The third-order valence-corrected chi connectivity index (χ3v) is 18.5. The van der Waals surface area contributed by atoms with Gasteiger partial charge in [0.1, 0.15) is 7.22 Å². The Morgan fingerprint density at radius 1 is 1.08 bits per heavy atom. The maximum atomic E-state index is 12.4. The number of amides is 1. The van der Waals surface area contributed by atoms with E-state index in [1.165, 1.54) is 4.90 Å². The Bertz CT molecular complexity index is 602. The molecule has 146 valence electrons. The molecule has 0 radical (unpaired) electrons. The fraction of sp³-hybridized carbons (Fsp3) is 0.667. The third kappa shape index (κ3) is 3.90. The van der Waals surface area contributed by atoms with Crippen LogP contribution in [0.25, 0.3) is 0 Å². The lowest BCUT2D eigenvalue weighted by molar-refractivity contribution is -0.127. The molecule has 1 aliphatic heterocycles. The van der Waals surface area contributed by atoms with Gasteiger partial charge in [0.25, 0.3) is 0 Å². The summed E-state index contributed by atoms with van der Waals surface area (Å²) in [7, 11) is -1.62. The Morgan fingerprint density at radius 2 is 1.62 bits per heavy atom. The molecule has 1 saturated heterocycles. The summed E-state index contributed by atoms with van der Waals surface area (Å²) in [6, 6.07) is 8.61. The molecule has 0 saturated carbocycles. The number of hydrogen-bond donors (Lipinski definition) is 1. The van der Waals surface area contributed by atoms with Crippen LogP contribution in [0.3, 0.4) is 0 Å². The van der Waals surface area contributed by atoms with Crippen LogP contribution in [-0.2, 0) is 14.9 Å². The van der Waals surface area contributed by atoms with Crippen LogP contribution < -0.4 is 5.73 Å². The van der Waals surface area contributed by atoms with Gasteiger partial charge in [-0.15, -0.1) is 0 Å². The number of benzene rings is 1. The lowest BCUT2D eigenvalue weighted by Gasteiger charge is -2.42. The van der Waals surface area contributed by atoms with Crippen LogP contribution in [0.1, 0.15) is 59.9 Å². The minimum Gasteiger partial charge on any atom is -0.381 e. The summed E-state index contributed by atoms with van der Waals surface area (Å²) >= 11 is 2.10. The van der Waals surface area contributed by atoms with Crippen molar-refractivity contribution in [1.82, 2.24) is 0 Å². The predicted octanol–water partition coefficient (Wildman–Crippen LogP) is 5.49. The quantitative estimate of drug-likeness (QED) is 0.623. The van der Waals surface area contributed by atoms with Gasteiger partial charge in [-0.3, -0.25) is 4.79 Å². The van der Waals surface area contributed by atoms with E-state index in [2.05, 4.69) is 77.0 Å². The molecule has 0 unspecified atom stereocenters. The smallest absolute Gasteiger partial charge is 0.228 e. The zero-order chi connectivity index (χ0) is 19.5. The molecule has 1 aromatic rings. The highest BCUT2D eigenvalue weighted by Crippen LogP contribution is 2.52. The maximum absolute atomic E-state index is 12.4. The molecular formula is C21H35NO2SSi. The number of primary amides is 1. The van der Waals surface area contributed by atoms with Gasteiger partial charge < -0.3 is 10.5 Å². The second kappa shape index (κ2) is 8.49. The van der Waals surface area contributed by atoms with Crippen molar-refractivity contribution in [3.8, 4) is 0 Å². The van der Waals surface area contributed by atoms with E-state index in [0.717, 1.165) is 5.56 Å². The van der Waals surface area contributed by atoms with Gasteiger partial charge in [0, 0.05) is 18.1 Å². The molecule has 2 rings (SSSR count). The highest BCUT2D eigenvalue weighted by atomic mass is 32.4. The molecule has 1 aliphatic rings. The first-order valence-corrected chi connectivity index (χ1v) is 13.6. The minimum atomic E-state index is -1.62. The number of carbonyl (C=O) groups is 1. The van der Waals surface area contributed by atoms with Crippen LogP contribution in [0.5, 0.6) is 0 Å². The number of carbonyl (C=O) groups excluding carboxylic acids is 1. The van der Waals surface area contributed by atoms with Crippen molar-refractivity contribution in [2.75, 3.05) is 13.2 Å². The fourth-order valence-corrected chi connectivity index (χ4v) is 14.0. The fourth-order valence-electron chi connectivity index (χ4n) is 4.81. The highest BCUT2D eigenvalue weighted by molar-refractivity contribution is 8.29. The maximum Gasteiger partial charge on any atom is 0.228 e. The SMILES string of the molecule is CC(C)[Si](Sc1cccc(C2(C(N)=O)CCOCC2)c1)(C(C)C)C(C)C. The number of rotatable bonds is 7. The van der Waals surface area contributed by atoms with Gasteiger partial charge in [-0.1, -0.05) is 53.7 Å². The average Bonchev–Trinajstić information content (AvgIpc) is 2.59. The zero-order valence-corrected chi connectivity index (χ0v) is 19.0. The van der Waals surface area contributed by atoms with Crippen molar-refractivity contribution in [3.05, 3.63) is 29.8 Å². The molecular weight excluding hydrogens is 358 g/mol. The van der Waals surface area contributed by atoms with E-state index >= 15 is 0 Å². The lowest BCUT2D eigenvalue weighted by Crippen LogP contribution is -2.45. The molecule has 0 bridgehead atoms. The van der Waals surface area contributed by atoms with Crippen LogP contribution in [0.15, 0.2) is 29.2 Å². The Morgan fingerprint density at radius 3 is 2.08 bits per heavy atom. The van der Waals surface area contributed by atoms with E-state index in [9.17, 15) is 4.79 Å². The molecule has 26 heavy (non-hydrogen) atoms. The van der Waals surface area contributed by atoms with Crippen LogP contribution >= 0.6 is 11.2 Å². The second-order valence-corrected chi connectivity index (χ2v) is 17.1. The van der Waals surface area contributed by atoms with Gasteiger partial charge in [0.05, 0.1) is 5.41 Å². The summed E-state index contributed by atoms with van der Waals surface area (Å²) in [4.78, 5) is 13.7. The standard InChI is InChI=1S/C21H35NO2SSi/c1-15(2)26(16(3)4,17(5)6)25-19-9-7-8-18(14-19)21(20(22)23)10-12-24-13-11-21/h7-9,14-17H,10-13H2,1-6H3,(H2,22,23). The van der Waals surface area contributed by atoms with Gasteiger partial charge in [-0.25, -0.2) is 0 Å². The number of nitrogens with two attached hydrogens (primary N) is 1. The third-order valence-electron chi connectivity index (χ3n) is 6.21. The summed E-state index contributed by atoms with van der Waals surface area (Å²) in [5.41, 5.74) is 8.41. The first-order valence-electron chi connectivity index (χ1n) is 9.84. The molecule has 5 heteroatoms. The van der Waals surface area contributed by atoms with Gasteiger partial charge in [0.2, 0.25) is 5.91 Å². The Kier molecular flexibility index (Phi) is 7.02. The molecule has 0 spiro atoms. The molecule has 0 atom stereocenters. The first kappa shape index (κ1) is 21.5. The molecule has 0 aromatic heterocycles. The van der Waals surface area contributed by atoms with Crippen LogP contribution in [-0.4, -0.2) is 26.3 Å². The zero-order valence-electron chi connectivity index (χ0n) is 17.2. The van der Waals surface area contributed by atoms with E-state index in [-0.39, 0.29) is 5.91 Å². The van der Waals surface area contributed by atoms with Gasteiger partial charge in [-0.2, -0.15) is 11.2 Å². The molecule has 1 aromatic carbocycles. The van der Waals surface area contributed by atoms with Crippen LogP contribution in [0.4, 0.5) is 0 Å². The summed E-state index contributed by atoms with van der Waals surface area (Å²) < 4.78 is 5.50. The second-order valence-electron chi connectivity index (χ2n) is 8.51. The van der Waals surface area contributed by atoms with Crippen molar-refractivity contribution < 1.29 is 9.53 Å². The van der Waals surface area contributed by atoms with E-state index < -0.39 is 12.6 Å². The minimum absolute atomic E-state index is 0.219. The van der Waals surface area contributed by atoms with Gasteiger partial charge >= 0.3 is 0 Å². The van der Waals surface area contributed by atoms with E-state index in [0.29, 0.717) is 42.7 Å². The molecule has 1 fully saturated rings. The van der Waals surface area contributed by atoms with E-state index in [1.807, 2.05) is 0 Å². The van der Waals surface area contributed by atoms with Crippen molar-refractivity contribution in [2.45, 2.75) is 81.3 Å². The molecule has 1 heterocycles. The summed E-state index contributed by atoms with van der Waals surface area (Å²) in [5, 5.41) is 0. The first-order chi connectivity index (χ1) is 12.2. The van der Waals surface area contributed by atoms with Crippen molar-refractivity contribution >= 4 is 24.3 Å². The largest absolute Gasteiger partial charge is 0.381 e. The van der Waals surface area contributed by atoms with Crippen molar-refractivity contribution in [2.24, 2.45) is 5.73 Å². The van der Waals surface area contributed by atoms with Gasteiger partial charge in [0.15, 0.2) is 0 Å². The molecule has 2 N–H and O–H groups in total. The van der Waals surface area contributed by atoms with Crippen molar-refractivity contribution in [3.63, 3.8) is 0 Å². The van der Waals surface area contributed by atoms with Crippen molar-refractivity contribution in [1.29, 1.82) is 0 Å². The average molecular weight is 394 g/mol. The normalized spacial score (nSPS) is 17.9. The van der Waals surface area contributed by atoms with Gasteiger partial charge in [-0.05, 0) is 47.2 Å². The molecule has 0 aliphatic carbocycles. The van der Waals surface area contributed by atoms with Crippen LogP contribution in [0.2, 0.25) is 16.6 Å². The topological polar surface area (TPSA) is 52.3 Å². The molecule has 1 amide bonds. The highest BCUT2D eigenvalue weighted by Gasteiger charge is 2.45. The molecule has 3 nitrogen and oxygen atoms in total. The Labute approximate surface area is 164 Å². The van der Waals surface area contributed by atoms with E-state index in [4.69, 9.17) is 10.5 Å². The number of ether oxygens (including phenoxy) is 1. The summed E-state index contributed by atoms with van der Waals surface area (Å²) in [5.74, 6) is -0.219. The summed E-state index contributed by atoms with van der Waals surface area (Å²) in [6.07, 6.45) is 1.36. The monoisotopic (exact) mass is 393 g/mol. The predicted molar refractivity (Wildman–Crippen MR) is 114 cm³/mol. The Hall–Kier alpha value is -0.783. The van der Waals surface area contributed by atoms with E-state index in [1.54, 1.807) is 0 Å². The lowest BCUT2D eigenvalue weighted by atomic mass is 9.73. The number of hydrogen-bond acceptors (Lipinski definition) is 3.